The lowest BCUT2D eigenvalue weighted by molar-refractivity contribution is -0.141. The summed E-state index contributed by atoms with van der Waals surface area (Å²) in [6, 6.07) is 2.05. The number of fused-ring (bicyclic) bond motifs is 1. The first-order valence-electron chi connectivity index (χ1n) is 5.28. The van der Waals surface area contributed by atoms with Crippen LogP contribution in [0.5, 0.6) is 0 Å². The van der Waals surface area contributed by atoms with Crippen LogP contribution in [0, 0.1) is 5.92 Å². The lowest BCUT2D eigenvalue weighted by Crippen LogP contribution is -2.33. The summed E-state index contributed by atoms with van der Waals surface area (Å²) in [6.45, 7) is 0.996. The fourth-order valence-electron chi connectivity index (χ4n) is 1.96. The van der Waals surface area contributed by atoms with E-state index < -0.39 is 5.97 Å². The van der Waals surface area contributed by atoms with Crippen molar-refractivity contribution in [2.75, 3.05) is 11.9 Å². The summed E-state index contributed by atoms with van der Waals surface area (Å²) in [5.41, 5.74) is 1.11. The zero-order valence-electron chi connectivity index (χ0n) is 8.31. The van der Waals surface area contributed by atoms with Gasteiger partial charge in [0.05, 0.1) is 18.2 Å². The highest BCUT2D eigenvalue weighted by Crippen LogP contribution is 2.40. The smallest absolute Gasteiger partial charge is 0.310 e. The predicted octanol–water partition coefficient (Wildman–Crippen LogP) is 0.887. The molecule has 3 rings (SSSR count). The first-order valence-corrected chi connectivity index (χ1v) is 5.28. The van der Waals surface area contributed by atoms with E-state index >= 15 is 0 Å². The van der Waals surface area contributed by atoms with Crippen LogP contribution in [0.15, 0.2) is 6.07 Å². The number of aliphatic carboxylic acids is 1. The summed E-state index contributed by atoms with van der Waals surface area (Å²) in [5, 5.41) is 16.5. The van der Waals surface area contributed by atoms with Crippen molar-refractivity contribution < 1.29 is 9.90 Å². The maximum Gasteiger partial charge on any atom is 0.310 e. The molecule has 1 aliphatic heterocycles. The van der Waals surface area contributed by atoms with Crippen LogP contribution >= 0.6 is 0 Å². The summed E-state index contributed by atoms with van der Waals surface area (Å²) in [5.74, 6) is 0.476. The zero-order chi connectivity index (χ0) is 10.4. The molecule has 1 aromatic rings. The molecule has 2 N–H and O–H groups in total. The Hall–Kier alpha value is -1.52. The van der Waals surface area contributed by atoms with Crippen LogP contribution in [0.3, 0.4) is 0 Å². The lowest BCUT2D eigenvalue weighted by atomic mass is 10.1. The van der Waals surface area contributed by atoms with Crippen molar-refractivity contribution in [3.63, 3.8) is 0 Å². The average molecular weight is 207 g/mol. The van der Waals surface area contributed by atoms with Crippen LogP contribution < -0.4 is 5.32 Å². The first kappa shape index (κ1) is 8.76. The van der Waals surface area contributed by atoms with E-state index in [9.17, 15) is 4.79 Å². The molecule has 1 unspecified atom stereocenters. The van der Waals surface area contributed by atoms with Gasteiger partial charge in [-0.2, -0.15) is 5.10 Å². The van der Waals surface area contributed by atoms with Gasteiger partial charge in [0.2, 0.25) is 0 Å². The van der Waals surface area contributed by atoms with Crippen LogP contribution in [-0.2, 0) is 11.3 Å². The van der Waals surface area contributed by atoms with Crippen molar-refractivity contribution in [1.82, 2.24) is 9.78 Å². The minimum atomic E-state index is -0.753. The van der Waals surface area contributed by atoms with E-state index in [-0.39, 0.29) is 5.92 Å². The Morgan fingerprint density at radius 1 is 1.60 bits per heavy atom. The molecule has 1 atom stereocenters. The Kier molecular flexibility index (Phi) is 1.74. The number of hydrogen-bond donors (Lipinski definition) is 2. The van der Waals surface area contributed by atoms with E-state index in [0.29, 0.717) is 19.0 Å². The largest absolute Gasteiger partial charge is 0.481 e. The Labute approximate surface area is 87.1 Å². The molecular formula is C10H13N3O2. The second-order valence-electron chi connectivity index (χ2n) is 4.33. The Morgan fingerprint density at radius 3 is 3.07 bits per heavy atom. The zero-order valence-corrected chi connectivity index (χ0v) is 8.31. The molecule has 1 fully saturated rings. The molecule has 0 bridgehead atoms. The second kappa shape index (κ2) is 2.98. The van der Waals surface area contributed by atoms with Crippen molar-refractivity contribution >= 4 is 11.8 Å². The number of carboxylic acid groups (broad SMARTS) is 1. The highest BCUT2D eigenvalue weighted by atomic mass is 16.4. The minimum Gasteiger partial charge on any atom is -0.481 e. The van der Waals surface area contributed by atoms with E-state index in [1.165, 1.54) is 12.8 Å². The Bertz CT molecular complexity index is 409. The van der Waals surface area contributed by atoms with Crippen LogP contribution in [0.25, 0.3) is 0 Å². The molecule has 0 radical (unpaired) electrons. The molecule has 0 spiro atoms. The van der Waals surface area contributed by atoms with Crippen molar-refractivity contribution in [3.8, 4) is 0 Å². The third-order valence-corrected chi connectivity index (χ3v) is 3.07. The number of aromatic nitrogens is 2. The maximum absolute atomic E-state index is 10.8. The molecule has 0 aromatic carbocycles. The van der Waals surface area contributed by atoms with Gasteiger partial charge in [0, 0.05) is 18.5 Å². The van der Waals surface area contributed by atoms with Crippen LogP contribution in [0.2, 0.25) is 0 Å². The van der Waals surface area contributed by atoms with Gasteiger partial charge >= 0.3 is 5.97 Å². The minimum absolute atomic E-state index is 0.357. The molecule has 2 aliphatic rings. The average Bonchev–Trinajstić information content (AvgIpc) is 2.97. The fourth-order valence-corrected chi connectivity index (χ4v) is 1.96. The highest BCUT2D eigenvalue weighted by molar-refractivity contribution is 5.71. The van der Waals surface area contributed by atoms with Crippen molar-refractivity contribution in [2.45, 2.75) is 25.3 Å². The number of nitrogens with one attached hydrogen (secondary N) is 1. The quantitative estimate of drug-likeness (QED) is 0.755. The molecule has 80 valence electrons. The summed E-state index contributed by atoms with van der Waals surface area (Å²) in [7, 11) is 0. The topological polar surface area (TPSA) is 67.2 Å². The molecule has 2 heterocycles. The molecular weight excluding hydrogens is 194 g/mol. The van der Waals surface area contributed by atoms with Crippen molar-refractivity contribution in [1.29, 1.82) is 0 Å². The monoisotopic (exact) mass is 207 g/mol. The van der Waals surface area contributed by atoms with E-state index in [1.807, 2.05) is 0 Å². The molecule has 15 heavy (non-hydrogen) atoms. The van der Waals surface area contributed by atoms with Crippen LogP contribution in [0.4, 0.5) is 5.82 Å². The highest BCUT2D eigenvalue weighted by Gasteiger charge is 2.30. The summed E-state index contributed by atoms with van der Waals surface area (Å²) in [6.07, 6.45) is 2.44. The second-order valence-corrected chi connectivity index (χ2v) is 4.33. The first-order chi connectivity index (χ1) is 7.24. The van der Waals surface area contributed by atoms with Crippen LogP contribution in [-0.4, -0.2) is 27.4 Å². The van der Waals surface area contributed by atoms with Gasteiger partial charge in [-0.05, 0) is 12.8 Å². The van der Waals surface area contributed by atoms with Gasteiger partial charge in [0.15, 0.2) is 0 Å². The number of nitrogens with zero attached hydrogens (tertiary/aromatic N) is 2. The standard InChI is InChI=1S/C10H13N3O2/c14-10(15)7-4-11-9-3-8(6-1-2-6)12-13(9)5-7/h3,6-7,11H,1-2,4-5H2,(H,14,15). The number of carbonyl (C=O) groups is 1. The van der Waals surface area contributed by atoms with E-state index in [0.717, 1.165) is 11.5 Å². The number of carboxylic acids is 1. The summed E-state index contributed by atoms with van der Waals surface area (Å²) in [4.78, 5) is 10.8. The van der Waals surface area contributed by atoms with Gasteiger partial charge in [0.1, 0.15) is 5.82 Å². The van der Waals surface area contributed by atoms with Gasteiger partial charge in [-0.3, -0.25) is 4.79 Å². The number of rotatable bonds is 2. The molecule has 5 nitrogen and oxygen atoms in total. The number of hydrogen-bond acceptors (Lipinski definition) is 3. The fraction of sp³-hybridized carbons (Fsp3) is 0.600. The van der Waals surface area contributed by atoms with Crippen LogP contribution in [0.1, 0.15) is 24.5 Å². The third-order valence-electron chi connectivity index (χ3n) is 3.07. The van der Waals surface area contributed by atoms with Gasteiger partial charge in [-0.15, -0.1) is 0 Å². The lowest BCUT2D eigenvalue weighted by Gasteiger charge is -2.21. The SMILES string of the molecule is O=C(O)C1CNc2cc(C3CC3)nn2C1. The van der Waals surface area contributed by atoms with Gasteiger partial charge in [-0.1, -0.05) is 0 Å². The molecule has 1 saturated carbocycles. The molecule has 1 aliphatic carbocycles. The van der Waals surface area contributed by atoms with Crippen molar-refractivity contribution in [2.24, 2.45) is 5.92 Å². The third kappa shape index (κ3) is 1.48. The van der Waals surface area contributed by atoms with Gasteiger partial charge in [0.25, 0.3) is 0 Å². The van der Waals surface area contributed by atoms with E-state index in [2.05, 4.69) is 16.5 Å². The van der Waals surface area contributed by atoms with E-state index in [4.69, 9.17) is 5.11 Å². The predicted molar refractivity (Wildman–Crippen MR) is 53.8 cm³/mol. The molecule has 0 saturated heterocycles. The summed E-state index contributed by atoms with van der Waals surface area (Å²) < 4.78 is 1.79. The van der Waals surface area contributed by atoms with Gasteiger partial charge < -0.3 is 10.4 Å². The molecule has 1 aromatic heterocycles. The maximum atomic E-state index is 10.8. The van der Waals surface area contributed by atoms with Crippen molar-refractivity contribution in [3.05, 3.63) is 11.8 Å². The Morgan fingerprint density at radius 2 is 2.40 bits per heavy atom. The van der Waals surface area contributed by atoms with Gasteiger partial charge in [-0.25, -0.2) is 4.68 Å². The summed E-state index contributed by atoms with van der Waals surface area (Å²) >= 11 is 0. The molecule has 5 heteroatoms. The molecule has 0 amide bonds. The van der Waals surface area contributed by atoms with E-state index in [1.54, 1.807) is 4.68 Å². The Balaban J connectivity index is 1.85. The normalized spacial score (nSPS) is 24.4. The number of anilines is 1.